The van der Waals surface area contributed by atoms with Gasteiger partial charge in [0, 0.05) is 93.0 Å². The van der Waals surface area contributed by atoms with E-state index < -0.39 is 0 Å². The number of hydrogen-bond acceptors (Lipinski definition) is 12. The Labute approximate surface area is 459 Å². The van der Waals surface area contributed by atoms with Crippen LogP contribution in [0.2, 0.25) is 0 Å². The Balaban J connectivity index is 0.000000143. The molecule has 0 atom stereocenters. The van der Waals surface area contributed by atoms with Crippen LogP contribution in [0.3, 0.4) is 0 Å². The van der Waals surface area contributed by atoms with Gasteiger partial charge in [-0.15, -0.1) is 0 Å². The van der Waals surface area contributed by atoms with Crippen molar-refractivity contribution in [2.75, 3.05) is 0 Å². The summed E-state index contributed by atoms with van der Waals surface area (Å²) in [6, 6.07) is 69.9. The van der Waals surface area contributed by atoms with Crippen molar-refractivity contribution in [3.05, 3.63) is 268 Å². The topological polar surface area (TPSA) is 155 Å². The van der Waals surface area contributed by atoms with Crippen LogP contribution in [0.5, 0.6) is 0 Å². The molecule has 0 fully saturated rings. The van der Waals surface area contributed by atoms with E-state index in [0.717, 1.165) is 91.1 Å². The summed E-state index contributed by atoms with van der Waals surface area (Å²) in [6.07, 6.45) is 14.1. The third-order valence-corrected chi connectivity index (χ3v) is 10.4. The number of pyridine rings is 12. The molecule has 12 aromatic rings. The van der Waals surface area contributed by atoms with Gasteiger partial charge in [-0.05, 0) is 146 Å². The predicted octanol–water partition coefficient (Wildman–Crippen LogP) is 12.8. The summed E-state index contributed by atoms with van der Waals surface area (Å²) in [5.41, 5.74) is 13.8. The van der Waals surface area contributed by atoms with Gasteiger partial charge in [-0.25, -0.2) is 19.9 Å². The van der Waals surface area contributed by atoms with Crippen LogP contribution in [0.1, 0.15) is 0 Å². The van der Waals surface area contributed by atoms with E-state index in [2.05, 4.69) is 59.8 Å². The Morgan fingerprint density at radius 1 is 0.135 bits per heavy atom. The molecule has 0 N–H and O–H groups in total. The first-order chi connectivity index (χ1) is 35.7. The van der Waals surface area contributed by atoms with Gasteiger partial charge in [-0.1, -0.05) is 72.8 Å². The quantitative estimate of drug-likeness (QED) is 0.133. The smallest absolute Gasteiger partial charge is 0.0894 e. The molecule has 14 heteroatoms. The standard InChI is InChI=1S/4C15H11N3.2Ti/c4*1-3-10-16-12(6-1)14-8-5-9-15(18-14)13-7-2-4-11-17-13;;/h4*1-11H;;. The van der Waals surface area contributed by atoms with Gasteiger partial charge in [0.15, 0.2) is 0 Å². The zero-order chi connectivity index (χ0) is 48.8. The van der Waals surface area contributed by atoms with Crippen LogP contribution in [0.15, 0.2) is 268 Å². The maximum absolute atomic E-state index is 4.59. The Hall–Kier alpha value is -8.77. The van der Waals surface area contributed by atoms with E-state index in [4.69, 9.17) is 0 Å². The second-order valence-electron chi connectivity index (χ2n) is 15.4. The third-order valence-electron chi connectivity index (χ3n) is 10.4. The van der Waals surface area contributed by atoms with Crippen molar-refractivity contribution in [3.8, 4) is 91.1 Å². The molecule has 0 aromatic carbocycles. The summed E-state index contributed by atoms with van der Waals surface area (Å²) < 4.78 is 0. The Bertz CT molecular complexity index is 2810. The van der Waals surface area contributed by atoms with Gasteiger partial charge in [0.25, 0.3) is 0 Å². The largest absolute Gasteiger partial charge is 0.255 e. The average molecular weight is 1030 g/mol. The van der Waals surface area contributed by atoms with Gasteiger partial charge < -0.3 is 0 Å². The molecule has 0 amide bonds. The van der Waals surface area contributed by atoms with E-state index in [0.29, 0.717) is 0 Å². The van der Waals surface area contributed by atoms with E-state index >= 15 is 0 Å². The number of rotatable bonds is 8. The minimum atomic E-state index is 0. The van der Waals surface area contributed by atoms with E-state index in [1.807, 2.05) is 218 Å². The van der Waals surface area contributed by atoms with E-state index in [1.165, 1.54) is 0 Å². The van der Waals surface area contributed by atoms with Crippen molar-refractivity contribution in [3.63, 3.8) is 0 Å². The summed E-state index contributed by atoms with van der Waals surface area (Å²) in [7, 11) is 0. The van der Waals surface area contributed by atoms with Crippen molar-refractivity contribution in [1.82, 2.24) is 59.8 Å². The molecule has 12 rings (SSSR count). The molecule has 0 aliphatic heterocycles. The molecule has 352 valence electrons. The predicted molar refractivity (Wildman–Crippen MR) is 283 cm³/mol. The molecule has 12 heterocycles. The third kappa shape index (κ3) is 15.1. The maximum Gasteiger partial charge on any atom is 0.0894 e. The SMILES string of the molecule is [Ti].[Ti].c1ccc(-c2cccc(-c3ccccn3)n2)nc1.c1ccc(-c2cccc(-c3ccccn3)n2)nc1.c1ccc(-c2cccc(-c3ccccn3)n2)nc1.c1ccc(-c2cccc(-c3ccccn3)n2)nc1. The minimum Gasteiger partial charge on any atom is -0.255 e. The Morgan fingerprint density at radius 2 is 0.257 bits per heavy atom. The number of hydrogen-bond donors (Lipinski definition) is 0. The van der Waals surface area contributed by atoms with Gasteiger partial charge in [-0.2, -0.15) is 0 Å². The summed E-state index contributed by atoms with van der Waals surface area (Å²) in [4.78, 5) is 52.8. The van der Waals surface area contributed by atoms with Crippen LogP contribution in [-0.2, 0) is 43.4 Å². The molecule has 0 aliphatic carbocycles. The second kappa shape index (κ2) is 28.3. The van der Waals surface area contributed by atoms with Crippen LogP contribution in [0, 0.1) is 0 Å². The van der Waals surface area contributed by atoms with Crippen molar-refractivity contribution in [1.29, 1.82) is 0 Å². The van der Waals surface area contributed by atoms with Crippen molar-refractivity contribution in [2.45, 2.75) is 0 Å². The second-order valence-corrected chi connectivity index (χ2v) is 15.4. The van der Waals surface area contributed by atoms with E-state index in [1.54, 1.807) is 49.6 Å². The molecular formula is C60H44N12Ti2. The van der Waals surface area contributed by atoms with Crippen molar-refractivity contribution < 1.29 is 43.4 Å². The normalized spacial score (nSPS) is 9.95. The first-order valence-electron chi connectivity index (χ1n) is 22.9. The monoisotopic (exact) mass is 1030 g/mol. The van der Waals surface area contributed by atoms with Crippen molar-refractivity contribution >= 4 is 0 Å². The molecule has 0 aliphatic rings. The number of aromatic nitrogens is 12. The summed E-state index contributed by atoms with van der Waals surface area (Å²) in [6.45, 7) is 0. The van der Waals surface area contributed by atoms with Crippen molar-refractivity contribution in [2.24, 2.45) is 0 Å². The molecule has 12 nitrogen and oxygen atoms in total. The maximum atomic E-state index is 4.59. The minimum absolute atomic E-state index is 0. The summed E-state index contributed by atoms with van der Waals surface area (Å²) in [5, 5.41) is 0. The van der Waals surface area contributed by atoms with Gasteiger partial charge in [0.05, 0.1) is 91.1 Å². The molecule has 0 radical (unpaired) electrons. The van der Waals surface area contributed by atoms with Gasteiger partial charge in [0.1, 0.15) is 0 Å². The Kier molecular flexibility index (Phi) is 20.3. The van der Waals surface area contributed by atoms with E-state index in [9.17, 15) is 0 Å². The fraction of sp³-hybridized carbons (Fsp3) is 0. The zero-order valence-electron chi connectivity index (χ0n) is 39.8. The van der Waals surface area contributed by atoms with Crippen LogP contribution in [0.25, 0.3) is 91.1 Å². The molecule has 0 spiro atoms. The molecule has 0 unspecified atom stereocenters. The van der Waals surface area contributed by atoms with Gasteiger partial charge in [0.2, 0.25) is 0 Å². The molecular weight excluding hydrogens is 984 g/mol. The molecule has 0 saturated heterocycles. The molecule has 0 bridgehead atoms. The van der Waals surface area contributed by atoms with Crippen LogP contribution >= 0.6 is 0 Å². The first kappa shape index (κ1) is 53.0. The van der Waals surface area contributed by atoms with Crippen LogP contribution in [0.4, 0.5) is 0 Å². The zero-order valence-corrected chi connectivity index (χ0v) is 42.9. The van der Waals surface area contributed by atoms with E-state index in [-0.39, 0.29) is 43.4 Å². The first-order valence-corrected chi connectivity index (χ1v) is 22.9. The molecule has 12 aromatic heterocycles. The molecule has 74 heavy (non-hydrogen) atoms. The fourth-order valence-electron chi connectivity index (χ4n) is 6.99. The van der Waals surface area contributed by atoms with Crippen LogP contribution < -0.4 is 0 Å². The molecule has 0 saturated carbocycles. The van der Waals surface area contributed by atoms with Crippen LogP contribution in [-0.4, -0.2) is 59.8 Å². The Morgan fingerprint density at radius 3 is 0.365 bits per heavy atom. The van der Waals surface area contributed by atoms with Gasteiger partial charge in [-0.3, -0.25) is 39.9 Å². The summed E-state index contributed by atoms with van der Waals surface area (Å²) in [5.74, 6) is 0. The summed E-state index contributed by atoms with van der Waals surface area (Å²) >= 11 is 0. The number of nitrogens with zero attached hydrogens (tertiary/aromatic N) is 12. The average Bonchev–Trinajstić information content (AvgIpc) is 3.49. The van der Waals surface area contributed by atoms with Gasteiger partial charge >= 0.3 is 0 Å². The fourth-order valence-corrected chi connectivity index (χ4v) is 6.99.